The van der Waals surface area contributed by atoms with E-state index in [1.165, 1.54) is 33.4 Å². The summed E-state index contributed by atoms with van der Waals surface area (Å²) >= 11 is 0. The van der Waals surface area contributed by atoms with Crippen molar-refractivity contribution < 1.29 is 4.42 Å². The van der Waals surface area contributed by atoms with Gasteiger partial charge in [0.15, 0.2) is 5.82 Å². The van der Waals surface area contributed by atoms with E-state index in [2.05, 4.69) is 140 Å². The van der Waals surface area contributed by atoms with Crippen LogP contribution in [0.5, 0.6) is 0 Å². The van der Waals surface area contributed by atoms with Crippen molar-refractivity contribution in [3.05, 3.63) is 192 Å². The molecule has 10 rings (SSSR count). The van der Waals surface area contributed by atoms with Gasteiger partial charge < -0.3 is 4.42 Å². The molecule has 0 saturated carbocycles. The maximum atomic E-state index is 6.75. The highest BCUT2D eigenvalue weighted by molar-refractivity contribution is 6.09. The van der Waals surface area contributed by atoms with E-state index in [0.29, 0.717) is 5.82 Å². The van der Waals surface area contributed by atoms with Gasteiger partial charge in [-0.25, -0.2) is 9.97 Å². The second-order valence-corrected chi connectivity index (χ2v) is 12.5. The first-order chi connectivity index (χ1) is 23.8. The smallest absolute Gasteiger partial charge is 0.160 e. The van der Waals surface area contributed by atoms with Crippen molar-refractivity contribution in [2.45, 2.75) is 5.41 Å². The lowest BCUT2D eigenvalue weighted by atomic mass is 9.67. The van der Waals surface area contributed by atoms with Crippen LogP contribution in [0.3, 0.4) is 0 Å². The molecule has 1 aliphatic rings. The number of furan rings is 1. The standard InChI is InChI=1S/C45H28N2O/c1-4-14-29(15-5-1)43-35-21-11-13-23-40(35)46-44(47-43)30-24-25-34-37-27-36-33-20-10-12-22-38(33)45(31-16-6-2-7-17-31,32-18-8-3-9-19-32)39(36)28-42(37)48-41(34)26-30/h1-28H. The van der Waals surface area contributed by atoms with Crippen LogP contribution in [-0.2, 0) is 5.41 Å². The molecule has 0 aliphatic heterocycles. The molecule has 0 radical (unpaired) electrons. The number of hydrogen-bond donors (Lipinski definition) is 0. The Labute approximate surface area is 277 Å². The average molecular weight is 613 g/mol. The lowest BCUT2D eigenvalue weighted by Crippen LogP contribution is -2.28. The van der Waals surface area contributed by atoms with Crippen LogP contribution in [0.25, 0.3) is 66.6 Å². The van der Waals surface area contributed by atoms with Gasteiger partial charge in [0.25, 0.3) is 0 Å². The Hall–Kier alpha value is -6.32. The third-order valence-corrected chi connectivity index (χ3v) is 9.96. The third-order valence-electron chi connectivity index (χ3n) is 9.96. The zero-order valence-electron chi connectivity index (χ0n) is 26.0. The summed E-state index contributed by atoms with van der Waals surface area (Å²) < 4.78 is 6.75. The highest BCUT2D eigenvalue weighted by atomic mass is 16.3. The van der Waals surface area contributed by atoms with Crippen molar-refractivity contribution in [1.29, 1.82) is 0 Å². The third kappa shape index (κ3) is 3.82. The van der Waals surface area contributed by atoms with Gasteiger partial charge in [-0.3, -0.25) is 0 Å². The Balaban J connectivity index is 1.20. The monoisotopic (exact) mass is 612 g/mol. The SMILES string of the molecule is c1ccc(-c2nc(-c3ccc4c(c3)oc3cc5c(cc34)-c3ccccc3C5(c3ccccc3)c3ccccc3)nc3ccccc23)cc1. The molecule has 3 heteroatoms. The van der Waals surface area contributed by atoms with E-state index < -0.39 is 5.41 Å². The average Bonchev–Trinajstić information content (AvgIpc) is 3.67. The molecule has 0 saturated heterocycles. The maximum Gasteiger partial charge on any atom is 0.160 e. The number of nitrogens with zero attached hydrogens (tertiary/aromatic N) is 2. The van der Waals surface area contributed by atoms with E-state index in [1.807, 2.05) is 30.3 Å². The predicted octanol–water partition coefficient (Wildman–Crippen LogP) is 11.2. The van der Waals surface area contributed by atoms with Crippen molar-refractivity contribution in [1.82, 2.24) is 9.97 Å². The first kappa shape index (κ1) is 26.9. The van der Waals surface area contributed by atoms with E-state index >= 15 is 0 Å². The van der Waals surface area contributed by atoms with Crippen LogP contribution in [0.1, 0.15) is 22.3 Å². The van der Waals surface area contributed by atoms with Gasteiger partial charge in [0.05, 0.1) is 16.6 Å². The summed E-state index contributed by atoms with van der Waals surface area (Å²) in [5.41, 5.74) is 12.5. The molecule has 0 bridgehead atoms. The number of benzene rings is 7. The molecule has 9 aromatic rings. The van der Waals surface area contributed by atoms with Crippen molar-refractivity contribution in [3.8, 4) is 33.8 Å². The molecule has 224 valence electrons. The highest BCUT2D eigenvalue weighted by Gasteiger charge is 2.46. The highest BCUT2D eigenvalue weighted by Crippen LogP contribution is 2.57. The Bertz CT molecular complexity index is 2620. The summed E-state index contributed by atoms with van der Waals surface area (Å²) in [7, 11) is 0. The lowest BCUT2D eigenvalue weighted by molar-refractivity contribution is 0.666. The van der Waals surface area contributed by atoms with Crippen LogP contribution in [0.15, 0.2) is 174 Å². The number of para-hydroxylation sites is 1. The molecule has 0 spiro atoms. The Morgan fingerprint density at radius 1 is 0.417 bits per heavy atom. The Morgan fingerprint density at radius 3 is 1.83 bits per heavy atom. The van der Waals surface area contributed by atoms with Gasteiger partial charge in [-0.2, -0.15) is 0 Å². The molecule has 48 heavy (non-hydrogen) atoms. The first-order valence-corrected chi connectivity index (χ1v) is 16.3. The van der Waals surface area contributed by atoms with E-state index in [4.69, 9.17) is 14.4 Å². The number of rotatable bonds is 4. The number of fused-ring (bicyclic) bond motifs is 7. The molecule has 0 unspecified atom stereocenters. The summed E-state index contributed by atoms with van der Waals surface area (Å²) in [5.74, 6) is 0.679. The molecule has 0 amide bonds. The van der Waals surface area contributed by atoms with Gasteiger partial charge in [-0.05, 0) is 63.7 Å². The second-order valence-electron chi connectivity index (χ2n) is 12.5. The van der Waals surface area contributed by atoms with Gasteiger partial charge in [0.2, 0.25) is 0 Å². The molecule has 2 heterocycles. The largest absolute Gasteiger partial charge is 0.456 e. The molecule has 0 fully saturated rings. The van der Waals surface area contributed by atoms with Crippen LogP contribution < -0.4 is 0 Å². The van der Waals surface area contributed by atoms with Crippen molar-refractivity contribution in [2.24, 2.45) is 0 Å². The molecule has 1 aliphatic carbocycles. The summed E-state index contributed by atoms with van der Waals surface area (Å²) in [6, 6.07) is 60.1. The Kier molecular flexibility index (Phi) is 5.79. The van der Waals surface area contributed by atoms with E-state index in [1.54, 1.807) is 0 Å². The predicted molar refractivity (Wildman–Crippen MR) is 195 cm³/mol. The quantitative estimate of drug-likeness (QED) is 0.198. The fourth-order valence-corrected chi connectivity index (χ4v) is 7.87. The molecule has 0 N–H and O–H groups in total. The molecule has 3 nitrogen and oxygen atoms in total. The maximum absolute atomic E-state index is 6.75. The molecule has 2 aromatic heterocycles. The zero-order valence-corrected chi connectivity index (χ0v) is 26.0. The van der Waals surface area contributed by atoms with E-state index in [9.17, 15) is 0 Å². The fraction of sp³-hybridized carbons (Fsp3) is 0.0222. The van der Waals surface area contributed by atoms with Crippen LogP contribution >= 0.6 is 0 Å². The zero-order chi connectivity index (χ0) is 31.7. The van der Waals surface area contributed by atoms with E-state index in [-0.39, 0.29) is 0 Å². The summed E-state index contributed by atoms with van der Waals surface area (Å²) in [6.45, 7) is 0. The van der Waals surface area contributed by atoms with Crippen LogP contribution in [0, 0.1) is 0 Å². The minimum atomic E-state index is -0.473. The molecule has 7 aromatic carbocycles. The normalized spacial score (nSPS) is 13.2. The topological polar surface area (TPSA) is 38.9 Å². The molecular weight excluding hydrogens is 585 g/mol. The van der Waals surface area contributed by atoms with Gasteiger partial charge in [0, 0.05) is 27.3 Å². The minimum Gasteiger partial charge on any atom is -0.456 e. The van der Waals surface area contributed by atoms with Gasteiger partial charge in [-0.1, -0.05) is 140 Å². The summed E-state index contributed by atoms with van der Waals surface area (Å²) in [5, 5.41) is 3.22. The van der Waals surface area contributed by atoms with E-state index in [0.717, 1.165) is 49.7 Å². The lowest BCUT2D eigenvalue weighted by Gasteiger charge is -2.33. The van der Waals surface area contributed by atoms with Gasteiger partial charge >= 0.3 is 0 Å². The van der Waals surface area contributed by atoms with Gasteiger partial charge in [-0.15, -0.1) is 0 Å². The minimum absolute atomic E-state index is 0.473. The van der Waals surface area contributed by atoms with Crippen LogP contribution in [0.4, 0.5) is 0 Å². The summed E-state index contributed by atoms with van der Waals surface area (Å²) in [6.07, 6.45) is 0. The molecule has 0 atom stereocenters. The van der Waals surface area contributed by atoms with Crippen molar-refractivity contribution in [3.63, 3.8) is 0 Å². The van der Waals surface area contributed by atoms with Crippen LogP contribution in [0.2, 0.25) is 0 Å². The van der Waals surface area contributed by atoms with Crippen LogP contribution in [-0.4, -0.2) is 9.97 Å². The van der Waals surface area contributed by atoms with Gasteiger partial charge in [0.1, 0.15) is 11.2 Å². The number of hydrogen-bond acceptors (Lipinski definition) is 3. The molecular formula is C45H28N2O. The fourth-order valence-electron chi connectivity index (χ4n) is 7.87. The number of aromatic nitrogens is 2. The van der Waals surface area contributed by atoms with Crippen molar-refractivity contribution in [2.75, 3.05) is 0 Å². The first-order valence-electron chi connectivity index (χ1n) is 16.3. The van der Waals surface area contributed by atoms with Crippen molar-refractivity contribution >= 4 is 32.8 Å². The second kappa shape index (κ2) is 10.3. The Morgan fingerprint density at radius 2 is 1.06 bits per heavy atom. The summed E-state index contributed by atoms with van der Waals surface area (Å²) in [4.78, 5) is 10.1.